The van der Waals surface area contributed by atoms with Gasteiger partial charge in [0.05, 0.1) is 12.6 Å². The molecule has 2 N–H and O–H groups in total. The van der Waals surface area contributed by atoms with E-state index in [9.17, 15) is 14.4 Å². The zero-order valence-corrected chi connectivity index (χ0v) is 21.4. The predicted octanol–water partition coefficient (Wildman–Crippen LogP) is 5.67. The van der Waals surface area contributed by atoms with Crippen LogP contribution in [0.5, 0.6) is 0 Å². The normalized spacial score (nSPS) is 17.7. The summed E-state index contributed by atoms with van der Waals surface area (Å²) >= 11 is 0. The highest BCUT2D eigenvalue weighted by Gasteiger charge is 2.47. The molecule has 1 aliphatic rings. The number of nitrogens with one attached hydrogen (secondary N) is 2. The predicted molar refractivity (Wildman–Crippen MR) is 143 cm³/mol. The molecule has 3 aromatic rings. The minimum Gasteiger partial charge on any atom is -0.438 e. The Balaban J connectivity index is 1.59. The van der Waals surface area contributed by atoms with Gasteiger partial charge in [0.2, 0.25) is 11.8 Å². The molecule has 0 spiro atoms. The zero-order chi connectivity index (χ0) is 26.4. The molecule has 0 radical (unpaired) electrons. The number of benzene rings is 3. The van der Waals surface area contributed by atoms with E-state index in [0.717, 1.165) is 23.1 Å². The average molecular weight is 500 g/mol. The Morgan fingerprint density at radius 2 is 1.65 bits per heavy atom. The van der Waals surface area contributed by atoms with Gasteiger partial charge < -0.3 is 15.4 Å². The molecule has 1 heterocycles. The maximum atomic E-state index is 13.7. The van der Waals surface area contributed by atoms with E-state index >= 15 is 0 Å². The Bertz CT molecular complexity index is 1230. The number of carbonyl (C=O) groups is 3. The Morgan fingerprint density at radius 3 is 2.30 bits per heavy atom. The van der Waals surface area contributed by atoms with Gasteiger partial charge in [-0.25, -0.2) is 4.79 Å². The Labute approximate surface area is 217 Å². The highest BCUT2D eigenvalue weighted by Crippen LogP contribution is 2.35. The molecular weight excluding hydrogens is 466 g/mol. The summed E-state index contributed by atoms with van der Waals surface area (Å²) in [6.45, 7) is 6.11. The summed E-state index contributed by atoms with van der Waals surface area (Å²) in [4.78, 5) is 40.1. The molecule has 1 fully saturated rings. The van der Waals surface area contributed by atoms with Crippen molar-refractivity contribution in [2.45, 2.75) is 58.3 Å². The lowest BCUT2D eigenvalue weighted by atomic mass is 9.99. The molecule has 0 bridgehead atoms. The molecule has 192 valence electrons. The van der Waals surface area contributed by atoms with Crippen molar-refractivity contribution in [3.05, 3.63) is 101 Å². The summed E-state index contributed by atoms with van der Waals surface area (Å²) < 4.78 is 5.78. The first-order chi connectivity index (χ1) is 17.9. The van der Waals surface area contributed by atoms with E-state index in [1.165, 1.54) is 4.90 Å². The van der Waals surface area contributed by atoms with Crippen LogP contribution in [0.4, 0.5) is 10.5 Å². The van der Waals surface area contributed by atoms with Crippen LogP contribution in [0.25, 0.3) is 0 Å². The van der Waals surface area contributed by atoms with Crippen molar-refractivity contribution in [3.63, 3.8) is 0 Å². The van der Waals surface area contributed by atoms with Crippen molar-refractivity contribution in [3.8, 4) is 0 Å². The van der Waals surface area contributed by atoms with Crippen molar-refractivity contribution >= 4 is 23.6 Å². The molecule has 0 aliphatic carbocycles. The number of hydrogen-bond donors (Lipinski definition) is 2. The third-order valence-corrected chi connectivity index (χ3v) is 6.49. The fourth-order valence-corrected chi connectivity index (χ4v) is 4.43. The number of aryl methyl sites for hydroxylation is 1. The van der Waals surface area contributed by atoms with Crippen LogP contribution in [0.15, 0.2) is 78.9 Å². The molecule has 37 heavy (non-hydrogen) atoms. The highest BCUT2D eigenvalue weighted by atomic mass is 16.6. The van der Waals surface area contributed by atoms with Crippen LogP contribution in [-0.4, -0.2) is 28.8 Å². The number of amides is 3. The number of hydrogen-bond acceptors (Lipinski definition) is 4. The fraction of sp³-hybridized carbons (Fsp3) is 0.300. The number of cyclic esters (lactones) is 1. The van der Waals surface area contributed by atoms with Crippen LogP contribution in [0.1, 0.15) is 61.1 Å². The number of carbonyl (C=O) groups excluding carboxylic acids is 3. The Hall–Kier alpha value is -4.13. The van der Waals surface area contributed by atoms with Crippen LogP contribution in [0.3, 0.4) is 0 Å². The third kappa shape index (κ3) is 6.36. The first kappa shape index (κ1) is 25.9. The minimum absolute atomic E-state index is 0.0565. The molecular formula is C30H33N3O4. The van der Waals surface area contributed by atoms with Gasteiger partial charge >= 0.3 is 6.09 Å². The second kappa shape index (κ2) is 11.7. The number of rotatable bonds is 9. The van der Waals surface area contributed by atoms with Gasteiger partial charge in [0.15, 0.2) is 12.1 Å². The van der Waals surface area contributed by atoms with Gasteiger partial charge in [-0.05, 0) is 49.1 Å². The van der Waals surface area contributed by atoms with Gasteiger partial charge in [0.1, 0.15) is 0 Å². The SMILES string of the molecule is CCCC(=O)Nc1ccc([C@@H]2OC(=O)N(Cc3ccc(C)cc3)[C@H]2C(=O)N[C@@H](C)c2ccccc2)cc1. The van der Waals surface area contributed by atoms with E-state index in [4.69, 9.17) is 4.74 Å². The van der Waals surface area contributed by atoms with Gasteiger partial charge in [0, 0.05) is 12.1 Å². The van der Waals surface area contributed by atoms with E-state index in [2.05, 4.69) is 10.6 Å². The summed E-state index contributed by atoms with van der Waals surface area (Å²) in [6, 6.07) is 23.5. The average Bonchev–Trinajstić information content (AvgIpc) is 3.22. The molecule has 7 nitrogen and oxygen atoms in total. The minimum atomic E-state index is -0.861. The topological polar surface area (TPSA) is 87.7 Å². The molecule has 4 rings (SSSR count). The second-order valence-electron chi connectivity index (χ2n) is 9.42. The highest BCUT2D eigenvalue weighted by molar-refractivity contribution is 5.91. The van der Waals surface area contributed by atoms with Gasteiger partial charge in [-0.3, -0.25) is 14.5 Å². The quantitative estimate of drug-likeness (QED) is 0.397. The molecule has 1 saturated heterocycles. The molecule has 0 saturated carbocycles. The summed E-state index contributed by atoms with van der Waals surface area (Å²) in [5.74, 6) is -0.349. The Morgan fingerprint density at radius 1 is 0.973 bits per heavy atom. The van der Waals surface area contributed by atoms with E-state index in [1.807, 2.05) is 75.4 Å². The number of anilines is 1. The summed E-state index contributed by atoms with van der Waals surface area (Å²) in [5, 5.41) is 5.92. The van der Waals surface area contributed by atoms with Crippen LogP contribution < -0.4 is 10.6 Å². The van der Waals surface area contributed by atoms with Crippen molar-refractivity contribution in [1.29, 1.82) is 0 Å². The maximum Gasteiger partial charge on any atom is 0.411 e. The van der Waals surface area contributed by atoms with Gasteiger partial charge in [-0.1, -0.05) is 79.2 Å². The van der Waals surface area contributed by atoms with Crippen molar-refractivity contribution in [2.24, 2.45) is 0 Å². The summed E-state index contributed by atoms with van der Waals surface area (Å²) in [5.41, 5.74) is 4.33. The van der Waals surface area contributed by atoms with E-state index < -0.39 is 18.2 Å². The number of ether oxygens (including phenoxy) is 1. The van der Waals surface area contributed by atoms with Gasteiger partial charge in [-0.2, -0.15) is 0 Å². The van der Waals surface area contributed by atoms with Gasteiger partial charge in [0.25, 0.3) is 0 Å². The smallest absolute Gasteiger partial charge is 0.411 e. The molecule has 1 aliphatic heterocycles. The molecule has 0 unspecified atom stereocenters. The van der Waals surface area contributed by atoms with Crippen LogP contribution in [-0.2, 0) is 20.9 Å². The standard InChI is InChI=1S/C30H33N3O4/c1-4-8-26(34)32-25-17-15-24(16-18-25)28-27(29(35)31-21(3)23-9-6-5-7-10-23)33(30(36)37-28)19-22-13-11-20(2)12-14-22/h5-7,9-18,21,27-28H,4,8,19H2,1-3H3,(H,31,35)(H,32,34)/t21-,27+,28-/m0/s1. The van der Waals surface area contributed by atoms with Crippen LogP contribution >= 0.6 is 0 Å². The molecule has 3 aromatic carbocycles. The van der Waals surface area contributed by atoms with Crippen LogP contribution in [0.2, 0.25) is 0 Å². The second-order valence-corrected chi connectivity index (χ2v) is 9.42. The maximum absolute atomic E-state index is 13.7. The lowest BCUT2D eigenvalue weighted by Crippen LogP contribution is -2.46. The van der Waals surface area contributed by atoms with Crippen molar-refractivity contribution in [1.82, 2.24) is 10.2 Å². The summed E-state index contributed by atoms with van der Waals surface area (Å²) in [6.07, 6.45) is -0.130. The molecule has 7 heteroatoms. The Kier molecular flexibility index (Phi) is 8.23. The van der Waals surface area contributed by atoms with E-state index in [1.54, 1.807) is 24.3 Å². The van der Waals surface area contributed by atoms with E-state index in [-0.39, 0.29) is 24.4 Å². The third-order valence-electron chi connectivity index (χ3n) is 6.49. The largest absolute Gasteiger partial charge is 0.438 e. The van der Waals surface area contributed by atoms with Crippen LogP contribution in [0, 0.1) is 6.92 Å². The molecule has 0 aromatic heterocycles. The van der Waals surface area contributed by atoms with E-state index in [0.29, 0.717) is 17.7 Å². The van der Waals surface area contributed by atoms with Crippen molar-refractivity contribution < 1.29 is 19.1 Å². The number of nitrogens with zero attached hydrogens (tertiary/aromatic N) is 1. The molecule has 3 amide bonds. The first-order valence-electron chi connectivity index (χ1n) is 12.6. The monoisotopic (exact) mass is 499 g/mol. The lowest BCUT2D eigenvalue weighted by molar-refractivity contribution is -0.127. The summed E-state index contributed by atoms with van der Waals surface area (Å²) in [7, 11) is 0. The lowest BCUT2D eigenvalue weighted by Gasteiger charge is -2.26. The zero-order valence-electron chi connectivity index (χ0n) is 21.4. The molecule has 3 atom stereocenters. The van der Waals surface area contributed by atoms with Crippen molar-refractivity contribution in [2.75, 3.05) is 5.32 Å². The fourth-order valence-electron chi connectivity index (χ4n) is 4.43. The first-order valence-corrected chi connectivity index (χ1v) is 12.6. The van der Waals surface area contributed by atoms with Gasteiger partial charge in [-0.15, -0.1) is 0 Å².